The topological polar surface area (TPSA) is 0 Å². The molecule has 0 aliphatic carbocycles. The third-order valence-corrected chi connectivity index (χ3v) is 7.31. The molecule has 2 rings (SSSR count). The second-order valence-electron chi connectivity index (χ2n) is 10.7. The van der Waals surface area contributed by atoms with Crippen molar-refractivity contribution in [3.8, 4) is 11.8 Å². The average molecular weight is 511 g/mol. The lowest BCUT2D eigenvalue weighted by atomic mass is 10.00. The van der Waals surface area contributed by atoms with E-state index in [1.165, 1.54) is 125 Å². The molecule has 0 bridgehead atoms. The summed E-state index contributed by atoms with van der Waals surface area (Å²) in [5.41, 5.74) is 4.80. The van der Waals surface area contributed by atoms with Gasteiger partial charge >= 0.3 is 0 Å². The van der Waals surface area contributed by atoms with Crippen molar-refractivity contribution in [3.63, 3.8) is 0 Å². The zero-order valence-electron chi connectivity index (χ0n) is 24.7. The van der Waals surface area contributed by atoms with Crippen LogP contribution in [0.25, 0.3) is 11.1 Å². The summed E-state index contributed by atoms with van der Waals surface area (Å²) in [6.45, 7) is 4.57. The van der Waals surface area contributed by atoms with E-state index in [0.29, 0.717) is 0 Å². The minimum atomic E-state index is 1.11. The van der Waals surface area contributed by atoms with Crippen LogP contribution in [0, 0.1) is 11.8 Å². The largest absolute Gasteiger partial charge is 0.0682 e. The van der Waals surface area contributed by atoms with E-state index in [2.05, 4.69) is 98.5 Å². The zero-order valence-corrected chi connectivity index (χ0v) is 24.7. The molecule has 0 nitrogen and oxygen atoms in total. The molecule has 0 N–H and O–H groups in total. The summed E-state index contributed by atoms with van der Waals surface area (Å²) in [5.74, 6) is 7.17. The van der Waals surface area contributed by atoms with Crippen LogP contribution in [0.4, 0.5) is 0 Å². The first-order valence-corrected chi connectivity index (χ1v) is 15.9. The maximum absolute atomic E-state index is 3.58. The second-order valence-corrected chi connectivity index (χ2v) is 10.7. The Morgan fingerprint density at radius 2 is 0.763 bits per heavy atom. The van der Waals surface area contributed by atoms with E-state index in [-0.39, 0.29) is 0 Å². The van der Waals surface area contributed by atoms with Crippen molar-refractivity contribution in [2.75, 3.05) is 0 Å². The molecular weight excluding hydrogens is 456 g/mol. The summed E-state index contributed by atoms with van der Waals surface area (Å²) >= 11 is 0. The lowest BCUT2D eigenvalue weighted by molar-refractivity contribution is 0.578. The summed E-state index contributed by atoms with van der Waals surface area (Å²) in [6, 6.07) is 21.4. The first-order valence-electron chi connectivity index (χ1n) is 15.9. The fraction of sp³-hybridized carbons (Fsp3) is 0.526. The molecule has 0 spiro atoms. The predicted octanol–water partition coefficient (Wildman–Crippen LogP) is 12.2. The molecule has 0 radical (unpaired) electrons. The van der Waals surface area contributed by atoms with Gasteiger partial charge in [0.05, 0.1) is 0 Å². The Morgan fingerprint density at radius 3 is 1.11 bits per heavy atom. The van der Waals surface area contributed by atoms with Gasteiger partial charge < -0.3 is 0 Å². The van der Waals surface area contributed by atoms with E-state index < -0.39 is 0 Å². The number of hydrogen-bond donors (Lipinski definition) is 0. The van der Waals surface area contributed by atoms with Gasteiger partial charge in [-0.2, -0.15) is 0 Å². The molecule has 0 aromatic heterocycles. The zero-order chi connectivity index (χ0) is 26.9. The van der Waals surface area contributed by atoms with E-state index in [0.717, 1.165) is 12.8 Å². The minimum Gasteiger partial charge on any atom is -0.0682 e. The van der Waals surface area contributed by atoms with Crippen molar-refractivity contribution in [2.24, 2.45) is 0 Å². The summed E-state index contributed by atoms with van der Waals surface area (Å²) < 4.78 is 0. The van der Waals surface area contributed by atoms with Crippen LogP contribution < -0.4 is 0 Å². The maximum Gasteiger partial charge on any atom is 0.0281 e. The van der Waals surface area contributed by atoms with Crippen molar-refractivity contribution >= 4 is 11.1 Å². The molecule has 0 atom stereocenters. The molecule has 0 heterocycles. The normalized spacial score (nSPS) is 11.8. The molecule has 2 aromatic carbocycles. The van der Waals surface area contributed by atoms with Crippen molar-refractivity contribution in [1.29, 1.82) is 0 Å². The van der Waals surface area contributed by atoms with Crippen LogP contribution in [0.2, 0.25) is 0 Å². The Kier molecular flexibility index (Phi) is 18.7. The van der Waals surface area contributed by atoms with E-state index in [1.807, 2.05) is 0 Å². The van der Waals surface area contributed by atoms with Crippen LogP contribution in [0.15, 0.2) is 72.8 Å². The highest BCUT2D eigenvalue weighted by Crippen LogP contribution is 2.20. The van der Waals surface area contributed by atoms with Crippen LogP contribution in [0.1, 0.15) is 141 Å². The SMILES string of the molecule is CCCCCCCCCCC=C(C#CC(=CCCCCCCCCCC)c1ccccc1)c1ccccc1. The fourth-order valence-electron chi connectivity index (χ4n) is 4.90. The molecule has 0 saturated carbocycles. The summed E-state index contributed by atoms with van der Waals surface area (Å²) in [4.78, 5) is 0. The quantitative estimate of drug-likeness (QED) is 0.123. The van der Waals surface area contributed by atoms with Crippen LogP contribution in [-0.2, 0) is 0 Å². The molecular formula is C38H54. The average Bonchev–Trinajstić information content (AvgIpc) is 2.96. The number of allylic oxidation sites excluding steroid dienone is 4. The van der Waals surface area contributed by atoms with Gasteiger partial charge in [-0.25, -0.2) is 0 Å². The lowest BCUT2D eigenvalue weighted by Crippen LogP contribution is -1.86. The number of unbranched alkanes of at least 4 members (excludes halogenated alkanes) is 16. The number of hydrogen-bond acceptors (Lipinski definition) is 0. The number of benzene rings is 2. The maximum atomic E-state index is 3.58. The highest BCUT2D eigenvalue weighted by atomic mass is 14.1. The van der Waals surface area contributed by atoms with E-state index >= 15 is 0 Å². The highest BCUT2D eigenvalue weighted by molar-refractivity contribution is 5.86. The molecule has 0 heteroatoms. The van der Waals surface area contributed by atoms with E-state index in [4.69, 9.17) is 0 Å². The molecule has 0 aliphatic rings. The van der Waals surface area contributed by atoms with Crippen LogP contribution in [-0.4, -0.2) is 0 Å². The van der Waals surface area contributed by atoms with Gasteiger partial charge in [0.1, 0.15) is 0 Å². The molecule has 0 fully saturated rings. The Morgan fingerprint density at radius 1 is 0.447 bits per heavy atom. The summed E-state index contributed by atoms with van der Waals surface area (Å²) in [6.07, 6.45) is 28.7. The van der Waals surface area contributed by atoms with Crippen LogP contribution in [0.3, 0.4) is 0 Å². The van der Waals surface area contributed by atoms with E-state index in [1.54, 1.807) is 0 Å². The van der Waals surface area contributed by atoms with Crippen molar-refractivity contribution in [2.45, 2.75) is 129 Å². The van der Waals surface area contributed by atoms with Gasteiger partial charge in [0.2, 0.25) is 0 Å². The van der Waals surface area contributed by atoms with Crippen molar-refractivity contribution in [1.82, 2.24) is 0 Å². The summed E-state index contributed by atoms with van der Waals surface area (Å²) in [5, 5.41) is 0. The standard InChI is InChI=1S/C38H54/c1-3-5-7-9-11-13-15-17-21-31-37(35-27-23-19-24-28-35)33-34-38(36-29-25-20-26-30-36)32-22-18-16-14-12-10-8-6-4-2/h19-20,23-32H,3-18,21-22H2,1-2H3. The second kappa shape index (κ2) is 22.5. The van der Waals surface area contributed by atoms with Gasteiger partial charge in [0.25, 0.3) is 0 Å². The fourth-order valence-corrected chi connectivity index (χ4v) is 4.90. The monoisotopic (exact) mass is 510 g/mol. The third kappa shape index (κ3) is 15.0. The predicted molar refractivity (Wildman–Crippen MR) is 171 cm³/mol. The Labute approximate surface area is 236 Å². The van der Waals surface area contributed by atoms with Gasteiger partial charge in [-0.3, -0.25) is 0 Å². The highest BCUT2D eigenvalue weighted by Gasteiger charge is 2.01. The first kappa shape index (κ1) is 31.7. The molecule has 206 valence electrons. The van der Waals surface area contributed by atoms with Crippen LogP contribution >= 0.6 is 0 Å². The van der Waals surface area contributed by atoms with Crippen LogP contribution in [0.5, 0.6) is 0 Å². The van der Waals surface area contributed by atoms with Gasteiger partial charge in [-0.05, 0) is 36.8 Å². The Balaban J connectivity index is 1.98. The molecule has 0 unspecified atom stereocenters. The van der Waals surface area contributed by atoms with Crippen molar-refractivity contribution in [3.05, 3.63) is 83.9 Å². The molecule has 0 aliphatic heterocycles. The molecule has 0 amide bonds. The number of rotatable bonds is 20. The van der Waals surface area contributed by atoms with Gasteiger partial charge in [-0.1, -0.05) is 188 Å². The molecule has 0 saturated heterocycles. The van der Waals surface area contributed by atoms with Gasteiger partial charge in [0.15, 0.2) is 0 Å². The smallest absolute Gasteiger partial charge is 0.0281 e. The van der Waals surface area contributed by atoms with Gasteiger partial charge in [0, 0.05) is 11.1 Å². The molecule has 38 heavy (non-hydrogen) atoms. The van der Waals surface area contributed by atoms with Crippen molar-refractivity contribution < 1.29 is 0 Å². The van der Waals surface area contributed by atoms with E-state index in [9.17, 15) is 0 Å². The summed E-state index contributed by atoms with van der Waals surface area (Å²) in [7, 11) is 0. The molecule has 2 aromatic rings. The van der Waals surface area contributed by atoms with Gasteiger partial charge in [-0.15, -0.1) is 0 Å². The Bertz CT molecular complexity index is 858. The minimum absolute atomic E-state index is 1.11. The lowest BCUT2D eigenvalue weighted by Gasteiger charge is -2.04. The third-order valence-electron chi connectivity index (χ3n) is 7.31. The first-order chi connectivity index (χ1) is 18.8. The Hall–Kier alpha value is -2.52.